The smallest absolute Gasteiger partial charge is 0.267 e. The Morgan fingerprint density at radius 1 is 1.15 bits per heavy atom. The van der Waals surface area contributed by atoms with Gasteiger partial charge in [0.15, 0.2) is 4.32 Å². The lowest BCUT2D eigenvalue weighted by molar-refractivity contribution is -0.123. The summed E-state index contributed by atoms with van der Waals surface area (Å²) in [7, 11) is 0. The normalized spacial score (nSPS) is 15.9. The standard InChI is InChI=1S/C19H13ClN2O2S2/c20-15-10-5-9-14(12-15)17(23)21-22-18(24)16(26-19(22)25)11-4-8-13-6-2-1-3-7-13/h1-12H,(H,21,23)/b8-4+,16-11+. The number of hydrogen-bond acceptors (Lipinski definition) is 4. The second kappa shape index (κ2) is 8.31. The van der Waals surface area contributed by atoms with Gasteiger partial charge in [-0.2, -0.15) is 5.01 Å². The third-order valence-corrected chi connectivity index (χ3v) is 4.99. The van der Waals surface area contributed by atoms with Gasteiger partial charge in [-0.05, 0) is 42.1 Å². The fourth-order valence-corrected chi connectivity index (χ4v) is 3.51. The number of thioether (sulfide) groups is 1. The Morgan fingerprint density at radius 2 is 1.92 bits per heavy atom. The third-order valence-electron chi connectivity index (χ3n) is 3.43. The number of carbonyl (C=O) groups excluding carboxylic acids is 2. The largest absolute Gasteiger partial charge is 0.285 e. The molecule has 7 heteroatoms. The molecule has 26 heavy (non-hydrogen) atoms. The summed E-state index contributed by atoms with van der Waals surface area (Å²) in [4.78, 5) is 25.2. The highest BCUT2D eigenvalue weighted by molar-refractivity contribution is 8.26. The van der Waals surface area contributed by atoms with Crippen molar-refractivity contribution in [2.45, 2.75) is 0 Å². The van der Waals surface area contributed by atoms with Gasteiger partial charge in [-0.15, -0.1) is 0 Å². The Kier molecular flexibility index (Phi) is 5.88. The van der Waals surface area contributed by atoms with Crippen molar-refractivity contribution in [3.05, 3.63) is 87.8 Å². The Morgan fingerprint density at radius 3 is 2.65 bits per heavy atom. The van der Waals surface area contributed by atoms with Gasteiger partial charge in [0.1, 0.15) is 0 Å². The van der Waals surface area contributed by atoms with Crippen molar-refractivity contribution < 1.29 is 9.59 Å². The number of amides is 2. The average molecular weight is 401 g/mol. The number of hydrazine groups is 1. The minimum Gasteiger partial charge on any atom is -0.267 e. The molecule has 2 aromatic rings. The third kappa shape index (κ3) is 4.40. The van der Waals surface area contributed by atoms with Gasteiger partial charge in [0.05, 0.1) is 4.91 Å². The number of thiocarbonyl (C=S) groups is 1. The van der Waals surface area contributed by atoms with E-state index in [1.165, 1.54) is 6.07 Å². The molecule has 1 N–H and O–H groups in total. The Balaban J connectivity index is 1.69. The van der Waals surface area contributed by atoms with Gasteiger partial charge in [0.25, 0.3) is 11.8 Å². The molecule has 2 amide bonds. The highest BCUT2D eigenvalue weighted by Crippen LogP contribution is 2.29. The number of halogens is 1. The number of allylic oxidation sites excluding steroid dienone is 2. The van der Waals surface area contributed by atoms with E-state index in [-0.39, 0.29) is 10.2 Å². The van der Waals surface area contributed by atoms with Crippen LogP contribution in [0.25, 0.3) is 6.08 Å². The van der Waals surface area contributed by atoms with Crippen LogP contribution in [0.3, 0.4) is 0 Å². The zero-order valence-corrected chi connectivity index (χ0v) is 15.8. The van der Waals surface area contributed by atoms with E-state index in [0.717, 1.165) is 22.3 Å². The zero-order valence-electron chi connectivity index (χ0n) is 13.4. The van der Waals surface area contributed by atoms with E-state index in [1.54, 1.807) is 30.4 Å². The first-order chi connectivity index (χ1) is 12.5. The lowest BCUT2D eigenvalue weighted by Gasteiger charge is -2.15. The number of benzene rings is 2. The molecule has 0 aliphatic carbocycles. The number of carbonyl (C=O) groups is 2. The molecule has 0 unspecified atom stereocenters. The molecule has 0 spiro atoms. The number of nitrogens with zero attached hydrogens (tertiary/aromatic N) is 1. The van der Waals surface area contributed by atoms with E-state index < -0.39 is 5.91 Å². The average Bonchev–Trinajstić information content (AvgIpc) is 2.90. The Hall–Kier alpha value is -2.41. The van der Waals surface area contributed by atoms with Crippen LogP contribution in [0.4, 0.5) is 0 Å². The molecule has 130 valence electrons. The highest BCUT2D eigenvalue weighted by Gasteiger charge is 2.33. The maximum absolute atomic E-state index is 12.5. The molecule has 1 heterocycles. The first-order valence-corrected chi connectivity index (χ1v) is 9.21. The van der Waals surface area contributed by atoms with Crippen LogP contribution in [0.1, 0.15) is 15.9 Å². The minimum atomic E-state index is -0.454. The van der Waals surface area contributed by atoms with Crippen LogP contribution >= 0.6 is 35.6 Å². The summed E-state index contributed by atoms with van der Waals surface area (Å²) < 4.78 is 0.268. The molecule has 0 bridgehead atoms. The van der Waals surface area contributed by atoms with Crippen molar-refractivity contribution in [3.8, 4) is 0 Å². The van der Waals surface area contributed by atoms with Gasteiger partial charge < -0.3 is 0 Å². The van der Waals surface area contributed by atoms with Crippen LogP contribution in [0, 0.1) is 0 Å². The fraction of sp³-hybridized carbons (Fsp3) is 0. The summed E-state index contributed by atoms with van der Waals surface area (Å²) in [5, 5.41) is 1.51. The van der Waals surface area contributed by atoms with Gasteiger partial charge in [0, 0.05) is 10.6 Å². The monoisotopic (exact) mass is 400 g/mol. The van der Waals surface area contributed by atoms with E-state index in [1.807, 2.05) is 36.4 Å². The SMILES string of the molecule is O=C(NN1C(=O)/C(=C\C=C\c2ccccc2)SC1=S)c1cccc(Cl)c1. The molecule has 1 fully saturated rings. The number of nitrogens with one attached hydrogen (secondary N) is 1. The van der Waals surface area contributed by atoms with Crippen LogP contribution in [-0.4, -0.2) is 21.1 Å². The molecule has 0 radical (unpaired) electrons. The van der Waals surface area contributed by atoms with Crippen LogP contribution in [0.5, 0.6) is 0 Å². The van der Waals surface area contributed by atoms with Gasteiger partial charge in [-0.25, -0.2) is 0 Å². The van der Waals surface area contributed by atoms with Gasteiger partial charge in [0.2, 0.25) is 0 Å². The summed E-state index contributed by atoms with van der Waals surface area (Å²) >= 11 is 12.2. The Bertz CT molecular complexity index is 926. The lowest BCUT2D eigenvalue weighted by Crippen LogP contribution is -2.44. The topological polar surface area (TPSA) is 49.4 Å². The van der Waals surface area contributed by atoms with E-state index in [2.05, 4.69) is 5.43 Å². The maximum Gasteiger partial charge on any atom is 0.285 e. The molecule has 3 rings (SSSR count). The molecule has 2 aromatic carbocycles. The second-order valence-electron chi connectivity index (χ2n) is 5.26. The van der Waals surface area contributed by atoms with Crippen molar-refractivity contribution in [2.24, 2.45) is 0 Å². The van der Waals surface area contributed by atoms with Crippen molar-refractivity contribution in [3.63, 3.8) is 0 Å². The highest BCUT2D eigenvalue weighted by atomic mass is 35.5. The van der Waals surface area contributed by atoms with E-state index in [9.17, 15) is 9.59 Å². The van der Waals surface area contributed by atoms with Crippen LogP contribution in [0.2, 0.25) is 5.02 Å². The van der Waals surface area contributed by atoms with Crippen molar-refractivity contribution in [1.82, 2.24) is 10.4 Å². The second-order valence-corrected chi connectivity index (χ2v) is 7.37. The van der Waals surface area contributed by atoms with Crippen LogP contribution < -0.4 is 5.43 Å². The van der Waals surface area contributed by atoms with Crippen molar-refractivity contribution in [2.75, 3.05) is 0 Å². The van der Waals surface area contributed by atoms with Crippen LogP contribution in [0.15, 0.2) is 71.7 Å². The summed E-state index contributed by atoms with van der Waals surface area (Å²) in [6, 6.07) is 16.2. The Labute approximate surface area is 165 Å². The van der Waals surface area contributed by atoms with Crippen molar-refractivity contribution in [1.29, 1.82) is 0 Å². The van der Waals surface area contributed by atoms with E-state index >= 15 is 0 Å². The fourth-order valence-electron chi connectivity index (χ4n) is 2.18. The van der Waals surface area contributed by atoms with Gasteiger partial charge in [-0.1, -0.05) is 71.9 Å². The first kappa shape index (κ1) is 18.4. The quantitative estimate of drug-likeness (QED) is 0.608. The maximum atomic E-state index is 12.5. The summed E-state index contributed by atoms with van der Waals surface area (Å²) in [5.41, 5.74) is 3.89. The summed E-state index contributed by atoms with van der Waals surface area (Å²) in [6.07, 6.45) is 5.34. The molecule has 0 atom stereocenters. The van der Waals surface area contributed by atoms with Gasteiger partial charge in [-0.3, -0.25) is 15.0 Å². The molecular formula is C19H13ClN2O2S2. The molecule has 1 aliphatic rings. The molecule has 4 nitrogen and oxygen atoms in total. The molecule has 1 saturated heterocycles. The molecule has 0 aromatic heterocycles. The van der Waals surface area contributed by atoms with Crippen molar-refractivity contribution >= 4 is 57.8 Å². The predicted molar refractivity (Wildman–Crippen MR) is 110 cm³/mol. The summed E-state index contributed by atoms with van der Waals surface area (Å²) in [6.45, 7) is 0. The van der Waals surface area contributed by atoms with E-state index in [4.69, 9.17) is 23.8 Å². The minimum absolute atomic E-state index is 0.268. The number of rotatable bonds is 4. The molecular weight excluding hydrogens is 388 g/mol. The number of hydrogen-bond donors (Lipinski definition) is 1. The van der Waals surface area contributed by atoms with Gasteiger partial charge >= 0.3 is 0 Å². The first-order valence-electron chi connectivity index (χ1n) is 7.61. The van der Waals surface area contributed by atoms with Crippen LogP contribution in [-0.2, 0) is 4.79 Å². The molecule has 1 aliphatic heterocycles. The zero-order chi connectivity index (χ0) is 18.5. The molecule has 0 saturated carbocycles. The summed E-state index contributed by atoms with van der Waals surface area (Å²) in [5.74, 6) is -0.821. The van der Waals surface area contributed by atoms with E-state index in [0.29, 0.717) is 15.5 Å². The predicted octanol–water partition coefficient (Wildman–Crippen LogP) is 4.44. The lowest BCUT2D eigenvalue weighted by atomic mass is 10.2.